The van der Waals surface area contributed by atoms with Crippen molar-refractivity contribution in [3.05, 3.63) is 40.9 Å². The summed E-state index contributed by atoms with van der Waals surface area (Å²) in [6.07, 6.45) is 0.680. The maximum absolute atomic E-state index is 11.0. The Hall–Kier alpha value is -1.85. The summed E-state index contributed by atoms with van der Waals surface area (Å²) in [6.45, 7) is 3.75. The number of halogens is 1. The fraction of sp³-hybridized carbons (Fsp3) is 0.375. The molecule has 1 fully saturated rings. The first-order valence-corrected chi connectivity index (χ1v) is 7.58. The van der Waals surface area contributed by atoms with Gasteiger partial charge in [-0.2, -0.15) is 0 Å². The molecule has 1 atom stereocenters. The number of carboxylic acid groups (broad SMARTS) is 1. The minimum Gasteiger partial charge on any atom is -0.481 e. The zero-order valence-corrected chi connectivity index (χ0v) is 13.0. The van der Waals surface area contributed by atoms with Crippen molar-refractivity contribution in [2.45, 2.75) is 19.9 Å². The second-order valence-electron chi connectivity index (χ2n) is 5.59. The number of aromatic nitrogens is 1. The highest BCUT2D eigenvalue weighted by Crippen LogP contribution is 2.27. The van der Waals surface area contributed by atoms with Gasteiger partial charge in [-0.25, -0.2) is 4.98 Å². The van der Waals surface area contributed by atoms with Crippen molar-refractivity contribution in [2.75, 3.05) is 13.1 Å². The van der Waals surface area contributed by atoms with Crippen LogP contribution in [0.25, 0.3) is 11.3 Å². The van der Waals surface area contributed by atoms with Crippen LogP contribution in [0.1, 0.15) is 18.0 Å². The molecule has 1 aliphatic heterocycles. The number of aryl methyl sites for hydroxylation is 1. The average molecular weight is 321 g/mol. The zero-order chi connectivity index (χ0) is 15.7. The van der Waals surface area contributed by atoms with E-state index < -0.39 is 5.97 Å². The van der Waals surface area contributed by atoms with E-state index in [0.717, 1.165) is 23.6 Å². The summed E-state index contributed by atoms with van der Waals surface area (Å²) in [5, 5.41) is 9.72. The van der Waals surface area contributed by atoms with Crippen molar-refractivity contribution >= 4 is 17.6 Å². The van der Waals surface area contributed by atoms with E-state index >= 15 is 0 Å². The van der Waals surface area contributed by atoms with Crippen LogP contribution in [0.3, 0.4) is 0 Å². The maximum atomic E-state index is 11.0. The Labute approximate surface area is 133 Å². The molecule has 0 aliphatic carbocycles. The normalized spacial score (nSPS) is 18.7. The van der Waals surface area contributed by atoms with Gasteiger partial charge in [-0.1, -0.05) is 11.6 Å². The topological polar surface area (TPSA) is 66.6 Å². The first-order chi connectivity index (χ1) is 10.5. The smallest absolute Gasteiger partial charge is 0.307 e. The lowest BCUT2D eigenvalue weighted by atomic mass is 10.1. The lowest BCUT2D eigenvalue weighted by Crippen LogP contribution is -2.22. The van der Waals surface area contributed by atoms with E-state index in [1.165, 1.54) is 0 Å². The van der Waals surface area contributed by atoms with Gasteiger partial charge in [-0.3, -0.25) is 9.69 Å². The van der Waals surface area contributed by atoms with Gasteiger partial charge >= 0.3 is 5.97 Å². The van der Waals surface area contributed by atoms with Gasteiger partial charge < -0.3 is 9.52 Å². The summed E-state index contributed by atoms with van der Waals surface area (Å²) in [7, 11) is 0. The molecule has 0 spiro atoms. The highest BCUT2D eigenvalue weighted by molar-refractivity contribution is 6.30. The largest absolute Gasteiger partial charge is 0.481 e. The third kappa shape index (κ3) is 3.15. The number of likely N-dealkylation sites (tertiary alicyclic amines) is 1. The van der Waals surface area contributed by atoms with Crippen LogP contribution in [0, 0.1) is 12.8 Å². The van der Waals surface area contributed by atoms with E-state index in [0.29, 0.717) is 30.4 Å². The van der Waals surface area contributed by atoms with Gasteiger partial charge in [0.1, 0.15) is 0 Å². The Balaban J connectivity index is 1.73. The van der Waals surface area contributed by atoms with Gasteiger partial charge in [0.2, 0.25) is 5.89 Å². The lowest BCUT2D eigenvalue weighted by molar-refractivity contribution is -0.141. The molecule has 2 aromatic rings. The number of nitrogens with zero attached hydrogens (tertiary/aromatic N) is 2. The van der Waals surface area contributed by atoms with Crippen molar-refractivity contribution in [1.29, 1.82) is 0 Å². The molecule has 22 heavy (non-hydrogen) atoms. The molecule has 1 aromatic carbocycles. The molecule has 5 nitrogen and oxygen atoms in total. The molecule has 0 radical (unpaired) electrons. The predicted molar refractivity (Wildman–Crippen MR) is 82.7 cm³/mol. The van der Waals surface area contributed by atoms with E-state index in [1.54, 1.807) is 0 Å². The summed E-state index contributed by atoms with van der Waals surface area (Å²) in [6, 6.07) is 7.43. The van der Waals surface area contributed by atoms with Crippen LogP contribution in [0.5, 0.6) is 0 Å². The highest BCUT2D eigenvalue weighted by atomic mass is 35.5. The fourth-order valence-electron chi connectivity index (χ4n) is 2.76. The van der Waals surface area contributed by atoms with Gasteiger partial charge in [0.25, 0.3) is 0 Å². The second kappa shape index (κ2) is 6.10. The van der Waals surface area contributed by atoms with Gasteiger partial charge in [0.15, 0.2) is 5.76 Å². The molecule has 1 N–H and O–H groups in total. The van der Waals surface area contributed by atoms with Crippen LogP contribution in [0.2, 0.25) is 5.02 Å². The van der Waals surface area contributed by atoms with E-state index in [-0.39, 0.29) is 5.92 Å². The number of aliphatic carboxylic acids is 1. The number of carboxylic acids is 1. The van der Waals surface area contributed by atoms with Gasteiger partial charge in [-0.05, 0) is 44.2 Å². The van der Waals surface area contributed by atoms with E-state index in [9.17, 15) is 4.79 Å². The van der Waals surface area contributed by atoms with Gasteiger partial charge in [0.05, 0.1) is 18.2 Å². The van der Waals surface area contributed by atoms with Crippen molar-refractivity contribution < 1.29 is 14.3 Å². The molecule has 0 amide bonds. The van der Waals surface area contributed by atoms with Crippen LogP contribution in [0.4, 0.5) is 0 Å². The Kier molecular flexibility index (Phi) is 4.18. The minimum absolute atomic E-state index is 0.285. The van der Waals surface area contributed by atoms with Crippen LogP contribution in [-0.4, -0.2) is 34.0 Å². The molecule has 0 bridgehead atoms. The van der Waals surface area contributed by atoms with Crippen LogP contribution in [-0.2, 0) is 11.3 Å². The monoisotopic (exact) mass is 320 g/mol. The average Bonchev–Trinajstić information content (AvgIpc) is 3.07. The molecule has 1 saturated heterocycles. The molecule has 1 aliphatic rings. The summed E-state index contributed by atoms with van der Waals surface area (Å²) in [4.78, 5) is 17.5. The summed E-state index contributed by atoms with van der Waals surface area (Å²) in [5.41, 5.74) is 1.76. The summed E-state index contributed by atoms with van der Waals surface area (Å²) in [5.74, 6) is 0.342. The Morgan fingerprint density at radius 1 is 1.45 bits per heavy atom. The molecule has 116 valence electrons. The van der Waals surface area contributed by atoms with Gasteiger partial charge in [-0.15, -0.1) is 0 Å². The third-order valence-corrected chi connectivity index (χ3v) is 4.18. The molecular weight excluding hydrogens is 304 g/mol. The highest BCUT2D eigenvalue weighted by Gasteiger charge is 2.28. The number of carbonyl (C=O) groups is 1. The SMILES string of the molecule is Cc1nc(CN2CCC(C(=O)O)C2)oc1-c1ccc(Cl)cc1. The Morgan fingerprint density at radius 2 is 2.18 bits per heavy atom. The maximum Gasteiger partial charge on any atom is 0.307 e. The summed E-state index contributed by atoms with van der Waals surface area (Å²) >= 11 is 5.90. The first kappa shape index (κ1) is 15.1. The van der Waals surface area contributed by atoms with E-state index in [4.69, 9.17) is 21.1 Å². The molecule has 1 aromatic heterocycles. The second-order valence-corrected chi connectivity index (χ2v) is 6.02. The van der Waals surface area contributed by atoms with Crippen molar-refractivity contribution in [3.63, 3.8) is 0 Å². The van der Waals surface area contributed by atoms with Crippen LogP contribution < -0.4 is 0 Å². The third-order valence-electron chi connectivity index (χ3n) is 3.93. The Bertz CT molecular complexity index is 681. The standard InChI is InChI=1S/C16H17ClN2O3/c1-10-15(11-2-4-13(17)5-3-11)22-14(18-10)9-19-7-6-12(8-19)16(20)21/h2-5,12H,6-9H2,1H3,(H,20,21). The molecule has 2 heterocycles. The lowest BCUT2D eigenvalue weighted by Gasteiger charge is -2.11. The predicted octanol–water partition coefficient (Wildman–Crippen LogP) is 3.21. The molecule has 0 saturated carbocycles. The van der Waals surface area contributed by atoms with Crippen molar-refractivity contribution in [3.8, 4) is 11.3 Å². The molecular formula is C16H17ClN2O3. The van der Waals surface area contributed by atoms with Gasteiger partial charge in [0, 0.05) is 17.1 Å². The number of oxazole rings is 1. The van der Waals surface area contributed by atoms with Crippen LogP contribution in [0.15, 0.2) is 28.7 Å². The quantitative estimate of drug-likeness (QED) is 0.937. The molecule has 6 heteroatoms. The molecule has 1 unspecified atom stereocenters. The fourth-order valence-corrected chi connectivity index (χ4v) is 2.88. The molecule has 3 rings (SSSR count). The minimum atomic E-state index is -0.729. The van der Waals surface area contributed by atoms with Crippen LogP contribution >= 0.6 is 11.6 Å². The number of rotatable bonds is 4. The number of hydrogen-bond acceptors (Lipinski definition) is 4. The van der Waals surface area contributed by atoms with E-state index in [2.05, 4.69) is 9.88 Å². The summed E-state index contributed by atoms with van der Waals surface area (Å²) < 4.78 is 5.85. The first-order valence-electron chi connectivity index (χ1n) is 7.20. The number of benzene rings is 1. The Morgan fingerprint density at radius 3 is 2.82 bits per heavy atom. The van der Waals surface area contributed by atoms with Crippen molar-refractivity contribution in [1.82, 2.24) is 9.88 Å². The zero-order valence-electron chi connectivity index (χ0n) is 12.3. The number of hydrogen-bond donors (Lipinski definition) is 1. The van der Waals surface area contributed by atoms with E-state index in [1.807, 2.05) is 31.2 Å². The van der Waals surface area contributed by atoms with Crippen molar-refractivity contribution in [2.24, 2.45) is 5.92 Å².